The Morgan fingerprint density at radius 3 is 2.62 bits per heavy atom. The zero-order valence-electron chi connectivity index (χ0n) is 13.5. The molecule has 4 heteroatoms. The number of aryl methyl sites for hydroxylation is 2. The molecule has 0 aliphatic rings. The largest absolute Gasteiger partial charge is 0.507 e. The van der Waals surface area contributed by atoms with Gasteiger partial charge in [-0.05, 0) is 47.5 Å². The van der Waals surface area contributed by atoms with Gasteiger partial charge < -0.3 is 10.1 Å². The molecule has 3 nitrogen and oxygen atoms in total. The number of hydrogen-bond acceptors (Lipinski definition) is 3. The van der Waals surface area contributed by atoms with Crippen LogP contribution in [0.2, 0.25) is 0 Å². The van der Waals surface area contributed by atoms with Crippen LogP contribution in [0.1, 0.15) is 18.1 Å². The average Bonchev–Trinajstić information content (AvgIpc) is 3.07. The molecule has 0 unspecified atom stereocenters. The highest BCUT2D eigenvalue weighted by Gasteiger charge is 2.17. The minimum Gasteiger partial charge on any atom is -0.507 e. The zero-order valence-corrected chi connectivity index (χ0v) is 14.3. The Morgan fingerprint density at radius 2 is 1.92 bits per heavy atom. The molecule has 0 saturated carbocycles. The second kappa shape index (κ2) is 5.49. The lowest BCUT2D eigenvalue weighted by atomic mass is 9.94. The van der Waals surface area contributed by atoms with Gasteiger partial charge in [0.1, 0.15) is 10.4 Å². The maximum absolute atomic E-state index is 12.3. The number of aromatic amines is 1. The summed E-state index contributed by atoms with van der Waals surface area (Å²) in [6.45, 7) is 4.02. The SMILES string of the molecule is CCc1ccc(-c2c(O)cc(C)c3[nH]c(=O)c4sccc4c23)cc1. The lowest BCUT2D eigenvalue weighted by Gasteiger charge is -2.13. The Kier molecular flexibility index (Phi) is 3.43. The summed E-state index contributed by atoms with van der Waals surface area (Å²) in [7, 11) is 0. The van der Waals surface area contributed by atoms with Crippen LogP contribution in [0.3, 0.4) is 0 Å². The number of nitrogens with one attached hydrogen (secondary N) is 1. The molecule has 0 aliphatic heterocycles. The van der Waals surface area contributed by atoms with Crippen molar-refractivity contribution in [3.63, 3.8) is 0 Å². The summed E-state index contributed by atoms with van der Waals surface area (Å²) in [5.41, 5.74) is 4.56. The average molecular weight is 335 g/mol. The molecular weight excluding hydrogens is 318 g/mol. The van der Waals surface area contributed by atoms with Crippen LogP contribution in [-0.2, 0) is 6.42 Å². The van der Waals surface area contributed by atoms with Crippen molar-refractivity contribution in [2.45, 2.75) is 20.3 Å². The van der Waals surface area contributed by atoms with Crippen molar-refractivity contribution >= 4 is 32.3 Å². The normalized spacial score (nSPS) is 11.4. The Hall–Kier alpha value is -2.59. The van der Waals surface area contributed by atoms with Crippen LogP contribution in [-0.4, -0.2) is 10.1 Å². The van der Waals surface area contributed by atoms with Gasteiger partial charge >= 0.3 is 0 Å². The third kappa shape index (κ3) is 2.14. The number of rotatable bonds is 2. The molecule has 0 fully saturated rings. The van der Waals surface area contributed by atoms with E-state index in [4.69, 9.17) is 0 Å². The number of phenolic OH excluding ortho intramolecular Hbond substituents is 1. The smallest absolute Gasteiger partial charge is 0.266 e. The van der Waals surface area contributed by atoms with Crippen molar-refractivity contribution in [3.05, 3.63) is 63.3 Å². The van der Waals surface area contributed by atoms with E-state index in [1.165, 1.54) is 16.9 Å². The number of aromatic hydroxyl groups is 1. The first-order valence-corrected chi connectivity index (χ1v) is 8.83. The van der Waals surface area contributed by atoms with Gasteiger partial charge in [0.2, 0.25) is 0 Å². The molecule has 4 rings (SSSR count). The predicted molar refractivity (Wildman–Crippen MR) is 101 cm³/mol. The number of aromatic nitrogens is 1. The highest BCUT2D eigenvalue weighted by molar-refractivity contribution is 7.17. The lowest BCUT2D eigenvalue weighted by Crippen LogP contribution is -2.05. The Balaban J connectivity index is 2.18. The summed E-state index contributed by atoms with van der Waals surface area (Å²) < 4.78 is 0.693. The first-order valence-electron chi connectivity index (χ1n) is 7.95. The predicted octanol–water partition coefficient (Wildman–Crippen LogP) is 4.99. The van der Waals surface area contributed by atoms with Crippen LogP contribution in [0.25, 0.3) is 32.1 Å². The number of hydrogen-bond donors (Lipinski definition) is 2. The van der Waals surface area contributed by atoms with Crippen LogP contribution >= 0.6 is 11.3 Å². The molecule has 2 heterocycles. The van der Waals surface area contributed by atoms with Crippen LogP contribution in [0.5, 0.6) is 5.75 Å². The van der Waals surface area contributed by atoms with E-state index in [1.54, 1.807) is 6.07 Å². The van der Waals surface area contributed by atoms with Gasteiger partial charge in [0.05, 0.1) is 5.52 Å². The lowest BCUT2D eigenvalue weighted by molar-refractivity contribution is 0.477. The molecule has 2 N–H and O–H groups in total. The Morgan fingerprint density at radius 1 is 1.17 bits per heavy atom. The number of benzene rings is 2. The quantitative estimate of drug-likeness (QED) is 0.542. The van der Waals surface area contributed by atoms with Crippen LogP contribution in [0.4, 0.5) is 0 Å². The van der Waals surface area contributed by atoms with Gasteiger partial charge in [0.25, 0.3) is 5.56 Å². The standard InChI is InChI=1S/C20H17NO2S/c1-3-12-4-6-13(7-5-12)16-15(22)10-11(2)18-17(16)14-8-9-24-19(14)20(23)21-18/h4-10,22H,3H2,1-2H3,(H,21,23). The van der Waals surface area contributed by atoms with Gasteiger partial charge in [-0.2, -0.15) is 0 Å². The number of H-pyrrole nitrogens is 1. The van der Waals surface area contributed by atoms with Crippen molar-refractivity contribution in [2.75, 3.05) is 0 Å². The number of pyridine rings is 1. The maximum Gasteiger partial charge on any atom is 0.266 e. The minimum atomic E-state index is -0.0754. The summed E-state index contributed by atoms with van der Waals surface area (Å²) >= 11 is 1.43. The van der Waals surface area contributed by atoms with E-state index >= 15 is 0 Å². The van der Waals surface area contributed by atoms with E-state index in [-0.39, 0.29) is 11.3 Å². The fourth-order valence-electron chi connectivity index (χ4n) is 3.28. The minimum absolute atomic E-state index is 0.0754. The van der Waals surface area contributed by atoms with E-state index < -0.39 is 0 Å². The van der Waals surface area contributed by atoms with Gasteiger partial charge in [-0.15, -0.1) is 11.3 Å². The number of thiophene rings is 1. The van der Waals surface area contributed by atoms with Crippen molar-refractivity contribution in [1.29, 1.82) is 0 Å². The molecule has 0 atom stereocenters. The second-order valence-corrected chi connectivity index (χ2v) is 6.92. The highest BCUT2D eigenvalue weighted by Crippen LogP contribution is 2.41. The third-order valence-electron chi connectivity index (χ3n) is 4.53. The second-order valence-electron chi connectivity index (χ2n) is 6.01. The molecule has 0 amide bonds. The fourth-order valence-corrected chi connectivity index (χ4v) is 4.08. The molecule has 24 heavy (non-hydrogen) atoms. The summed E-state index contributed by atoms with van der Waals surface area (Å²) in [4.78, 5) is 15.3. The van der Waals surface area contributed by atoms with Crippen LogP contribution in [0.15, 0.2) is 46.6 Å². The van der Waals surface area contributed by atoms with E-state index in [1.807, 2.05) is 30.5 Å². The molecule has 2 aromatic carbocycles. The molecule has 120 valence electrons. The van der Waals surface area contributed by atoms with Gasteiger partial charge in [0.15, 0.2) is 0 Å². The molecule has 0 aliphatic carbocycles. The summed E-state index contributed by atoms with van der Waals surface area (Å²) in [5, 5.41) is 14.4. The fraction of sp³-hybridized carbons (Fsp3) is 0.150. The van der Waals surface area contributed by atoms with Gasteiger partial charge in [-0.1, -0.05) is 31.2 Å². The van der Waals surface area contributed by atoms with Crippen LogP contribution < -0.4 is 5.56 Å². The summed E-state index contributed by atoms with van der Waals surface area (Å²) in [6, 6.07) is 11.9. The van der Waals surface area contributed by atoms with E-state index in [2.05, 4.69) is 24.0 Å². The van der Waals surface area contributed by atoms with E-state index in [0.717, 1.165) is 39.4 Å². The highest BCUT2D eigenvalue weighted by atomic mass is 32.1. The summed E-state index contributed by atoms with van der Waals surface area (Å²) in [5.74, 6) is 0.240. The van der Waals surface area contributed by atoms with Crippen molar-refractivity contribution in [3.8, 4) is 16.9 Å². The maximum atomic E-state index is 12.3. The van der Waals surface area contributed by atoms with E-state index in [0.29, 0.717) is 4.70 Å². The Labute approximate surface area is 143 Å². The van der Waals surface area contributed by atoms with Crippen molar-refractivity contribution in [1.82, 2.24) is 4.98 Å². The number of fused-ring (bicyclic) bond motifs is 3. The molecule has 0 radical (unpaired) electrons. The van der Waals surface area contributed by atoms with Gasteiger partial charge in [-0.3, -0.25) is 4.79 Å². The Bertz CT molecular complexity index is 1120. The first kappa shape index (κ1) is 15.0. The molecule has 2 aromatic heterocycles. The molecule has 4 aromatic rings. The third-order valence-corrected chi connectivity index (χ3v) is 5.45. The van der Waals surface area contributed by atoms with E-state index in [9.17, 15) is 9.90 Å². The van der Waals surface area contributed by atoms with Gasteiger partial charge in [-0.25, -0.2) is 0 Å². The molecular formula is C20H17NO2S. The van der Waals surface area contributed by atoms with Crippen molar-refractivity contribution in [2.24, 2.45) is 0 Å². The van der Waals surface area contributed by atoms with Gasteiger partial charge in [0, 0.05) is 16.3 Å². The topological polar surface area (TPSA) is 53.1 Å². The first-order chi connectivity index (χ1) is 11.6. The summed E-state index contributed by atoms with van der Waals surface area (Å²) in [6.07, 6.45) is 0.975. The monoisotopic (exact) mass is 335 g/mol. The number of phenols is 1. The van der Waals surface area contributed by atoms with Crippen molar-refractivity contribution < 1.29 is 5.11 Å². The molecule has 0 spiro atoms. The zero-order chi connectivity index (χ0) is 16.8. The molecule has 0 saturated heterocycles. The molecule has 0 bridgehead atoms. The van der Waals surface area contributed by atoms with Crippen LogP contribution in [0, 0.1) is 6.92 Å².